The van der Waals surface area contributed by atoms with Crippen LogP contribution in [0, 0.1) is 11.3 Å². The highest BCUT2D eigenvalue weighted by atomic mass is 35.5. The van der Waals surface area contributed by atoms with Crippen LogP contribution < -0.4 is 10.6 Å². The molecule has 0 aliphatic heterocycles. The number of hydrogen-bond acceptors (Lipinski definition) is 3. The first kappa shape index (κ1) is 13.4. The van der Waals surface area contributed by atoms with Crippen molar-refractivity contribution in [2.75, 3.05) is 5.32 Å². The Kier molecular flexibility index (Phi) is 4.83. The summed E-state index contributed by atoms with van der Waals surface area (Å²) in [6.07, 6.45) is 1.36. The lowest BCUT2D eigenvalue weighted by atomic mass is 10.3. The molecule has 0 spiro atoms. The molecule has 1 aromatic carbocycles. The lowest BCUT2D eigenvalue weighted by Crippen LogP contribution is -2.18. The normalized spacial score (nSPS) is 10.6. The van der Waals surface area contributed by atoms with Crippen molar-refractivity contribution >= 4 is 34.8 Å². The second-order valence-corrected chi connectivity index (χ2v) is 3.96. The summed E-state index contributed by atoms with van der Waals surface area (Å²) in [5.74, 6) is -0.318. The molecule has 0 atom stereocenters. The average molecular weight is 270 g/mol. The van der Waals surface area contributed by atoms with E-state index in [1.165, 1.54) is 13.1 Å². The van der Waals surface area contributed by atoms with E-state index in [9.17, 15) is 4.79 Å². The summed E-state index contributed by atoms with van der Waals surface area (Å²) in [5, 5.41) is 14.9. The molecule has 0 aromatic heterocycles. The van der Waals surface area contributed by atoms with Gasteiger partial charge in [-0.15, -0.1) is 0 Å². The van der Waals surface area contributed by atoms with Gasteiger partial charge in [0.25, 0.3) is 0 Å². The Morgan fingerprint density at radius 2 is 2.18 bits per heavy atom. The average Bonchev–Trinajstić information content (AvgIpc) is 2.25. The van der Waals surface area contributed by atoms with Gasteiger partial charge in [-0.3, -0.25) is 4.79 Å². The van der Waals surface area contributed by atoms with E-state index in [2.05, 4.69) is 10.6 Å². The molecule has 0 aliphatic rings. The summed E-state index contributed by atoms with van der Waals surface area (Å²) in [5.41, 5.74) is 0.692. The van der Waals surface area contributed by atoms with E-state index < -0.39 is 0 Å². The van der Waals surface area contributed by atoms with Gasteiger partial charge in [-0.05, 0) is 18.2 Å². The predicted octanol–water partition coefficient (Wildman–Crippen LogP) is 2.91. The first-order valence-corrected chi connectivity index (χ1v) is 5.38. The van der Waals surface area contributed by atoms with Crippen molar-refractivity contribution < 1.29 is 4.79 Å². The van der Waals surface area contributed by atoms with Crippen LogP contribution >= 0.6 is 23.2 Å². The molecule has 17 heavy (non-hydrogen) atoms. The number of carbonyl (C=O) groups is 1. The molecule has 88 valence electrons. The molecule has 1 aromatic rings. The quantitative estimate of drug-likeness (QED) is 0.830. The van der Waals surface area contributed by atoms with E-state index in [1.54, 1.807) is 18.2 Å². The van der Waals surface area contributed by atoms with Crippen LogP contribution in [0.2, 0.25) is 10.0 Å². The maximum Gasteiger partial charge on any atom is 0.221 e. The molecule has 0 fully saturated rings. The maximum absolute atomic E-state index is 10.8. The second-order valence-electron chi connectivity index (χ2n) is 3.12. The molecule has 0 saturated carbocycles. The fourth-order valence-electron chi connectivity index (χ4n) is 1.04. The number of nitriles is 1. The van der Waals surface area contributed by atoms with Crippen LogP contribution in [0.15, 0.2) is 30.1 Å². The summed E-state index contributed by atoms with van der Waals surface area (Å²) >= 11 is 11.7. The number of nitrogens with zero attached hydrogens (tertiary/aromatic N) is 1. The molecule has 0 radical (unpaired) electrons. The van der Waals surface area contributed by atoms with Gasteiger partial charge in [0.05, 0.1) is 10.7 Å². The molecule has 1 amide bonds. The van der Waals surface area contributed by atoms with Gasteiger partial charge in [-0.25, -0.2) is 0 Å². The zero-order valence-electron chi connectivity index (χ0n) is 8.92. The Morgan fingerprint density at radius 3 is 2.71 bits per heavy atom. The van der Waals surface area contributed by atoms with Crippen LogP contribution in [0.5, 0.6) is 0 Å². The second kappa shape index (κ2) is 6.14. The molecule has 0 aliphatic carbocycles. The molecule has 0 unspecified atom stereocenters. The zero-order chi connectivity index (χ0) is 12.8. The van der Waals surface area contributed by atoms with Crippen molar-refractivity contribution in [3.05, 3.63) is 40.1 Å². The Hall–Kier alpha value is -1.70. The van der Waals surface area contributed by atoms with Crippen LogP contribution in [0.1, 0.15) is 6.92 Å². The lowest BCUT2D eigenvalue weighted by Gasteiger charge is -2.05. The molecule has 1 rings (SSSR count). The number of halogens is 2. The van der Waals surface area contributed by atoms with Crippen molar-refractivity contribution in [1.82, 2.24) is 5.32 Å². The van der Waals surface area contributed by atoms with Crippen LogP contribution in [0.3, 0.4) is 0 Å². The van der Waals surface area contributed by atoms with Crippen molar-refractivity contribution in [1.29, 1.82) is 5.26 Å². The first-order valence-electron chi connectivity index (χ1n) is 4.62. The number of allylic oxidation sites excluding steroid dienone is 1. The van der Waals surface area contributed by atoms with Gasteiger partial charge in [0, 0.05) is 18.1 Å². The van der Waals surface area contributed by atoms with Crippen molar-refractivity contribution in [3.63, 3.8) is 0 Å². The van der Waals surface area contributed by atoms with E-state index in [0.29, 0.717) is 15.7 Å². The van der Waals surface area contributed by atoms with Gasteiger partial charge < -0.3 is 10.6 Å². The smallest absolute Gasteiger partial charge is 0.221 e. The van der Waals surface area contributed by atoms with Crippen LogP contribution in [-0.4, -0.2) is 5.91 Å². The van der Waals surface area contributed by atoms with Crippen molar-refractivity contribution in [2.24, 2.45) is 0 Å². The molecule has 6 heteroatoms. The zero-order valence-corrected chi connectivity index (χ0v) is 10.4. The molecule has 4 nitrogen and oxygen atoms in total. The topological polar surface area (TPSA) is 64.9 Å². The lowest BCUT2D eigenvalue weighted by molar-refractivity contribution is -0.118. The Morgan fingerprint density at radius 1 is 1.47 bits per heavy atom. The Balaban J connectivity index is 2.81. The number of anilines is 1. The SMILES string of the molecule is CC(=O)N/C(C#N)=C\Nc1ccc(Cl)cc1Cl. The highest BCUT2D eigenvalue weighted by molar-refractivity contribution is 6.36. The molecular weight excluding hydrogens is 261 g/mol. The molecule has 0 bridgehead atoms. The van der Waals surface area contributed by atoms with Crippen LogP contribution in [-0.2, 0) is 4.79 Å². The minimum absolute atomic E-state index is 0.100. The van der Waals surface area contributed by atoms with E-state index in [4.69, 9.17) is 28.5 Å². The summed E-state index contributed by atoms with van der Waals surface area (Å²) < 4.78 is 0. The number of rotatable bonds is 3. The van der Waals surface area contributed by atoms with Gasteiger partial charge in [0.2, 0.25) is 5.91 Å². The monoisotopic (exact) mass is 269 g/mol. The summed E-state index contributed by atoms with van der Waals surface area (Å²) in [4.78, 5) is 10.8. The number of carbonyl (C=O) groups excluding carboxylic acids is 1. The Bertz CT molecular complexity index is 506. The fraction of sp³-hybridized carbons (Fsp3) is 0.0909. The number of benzene rings is 1. The highest BCUT2D eigenvalue weighted by Gasteiger charge is 2.01. The van der Waals surface area contributed by atoms with Gasteiger partial charge in [-0.1, -0.05) is 23.2 Å². The summed E-state index contributed by atoms with van der Waals surface area (Å²) in [6.45, 7) is 1.32. The summed E-state index contributed by atoms with van der Waals surface area (Å²) in [6, 6.07) is 6.74. The molecule has 0 saturated heterocycles. The fourth-order valence-corrected chi connectivity index (χ4v) is 1.51. The predicted molar refractivity (Wildman–Crippen MR) is 67.6 cm³/mol. The van der Waals surface area contributed by atoms with E-state index in [-0.39, 0.29) is 11.6 Å². The first-order chi connectivity index (χ1) is 8.02. The molecule has 2 N–H and O–H groups in total. The van der Waals surface area contributed by atoms with E-state index >= 15 is 0 Å². The van der Waals surface area contributed by atoms with E-state index in [1.807, 2.05) is 6.07 Å². The Labute approximate surface area is 109 Å². The highest BCUT2D eigenvalue weighted by Crippen LogP contribution is 2.25. The van der Waals surface area contributed by atoms with Crippen LogP contribution in [0.25, 0.3) is 0 Å². The number of nitrogens with one attached hydrogen (secondary N) is 2. The van der Waals surface area contributed by atoms with Gasteiger partial charge >= 0.3 is 0 Å². The van der Waals surface area contributed by atoms with Crippen molar-refractivity contribution in [3.8, 4) is 6.07 Å². The number of amides is 1. The third-order valence-corrected chi connectivity index (χ3v) is 2.28. The minimum atomic E-state index is -0.318. The van der Waals surface area contributed by atoms with E-state index in [0.717, 1.165) is 0 Å². The minimum Gasteiger partial charge on any atom is -0.358 e. The van der Waals surface area contributed by atoms with Gasteiger partial charge in [0.1, 0.15) is 11.8 Å². The molecular formula is C11H9Cl2N3O. The maximum atomic E-state index is 10.8. The van der Waals surface area contributed by atoms with Gasteiger partial charge in [0.15, 0.2) is 0 Å². The largest absolute Gasteiger partial charge is 0.358 e. The van der Waals surface area contributed by atoms with Crippen LogP contribution in [0.4, 0.5) is 5.69 Å². The number of hydrogen-bond donors (Lipinski definition) is 2. The summed E-state index contributed by atoms with van der Waals surface area (Å²) in [7, 11) is 0. The van der Waals surface area contributed by atoms with Gasteiger partial charge in [-0.2, -0.15) is 5.26 Å². The third-order valence-electron chi connectivity index (χ3n) is 1.73. The van der Waals surface area contributed by atoms with Crippen molar-refractivity contribution in [2.45, 2.75) is 6.92 Å². The third kappa shape index (κ3) is 4.35. The standard InChI is InChI=1S/C11H9Cl2N3O/c1-7(17)16-9(5-14)6-15-11-3-2-8(12)4-10(11)13/h2-4,6,15H,1H3,(H,16,17)/b9-6-. The molecule has 0 heterocycles.